The van der Waals surface area contributed by atoms with Gasteiger partial charge in [0.05, 0.1) is 5.75 Å². The molecule has 0 unspecified atom stereocenters. The van der Waals surface area contributed by atoms with Crippen LogP contribution in [0.15, 0.2) is 48.8 Å². The Bertz CT molecular complexity index is 694. The fourth-order valence-electron chi connectivity index (χ4n) is 2.10. The van der Waals surface area contributed by atoms with Gasteiger partial charge in [0.2, 0.25) is 0 Å². The lowest BCUT2D eigenvalue weighted by Crippen LogP contribution is -2.44. The minimum Gasteiger partial charge on any atom is -0.272 e. The van der Waals surface area contributed by atoms with Crippen molar-refractivity contribution in [3.05, 3.63) is 65.7 Å². The van der Waals surface area contributed by atoms with E-state index in [-0.39, 0.29) is 28.8 Å². The Labute approximate surface area is 130 Å². The molecule has 0 radical (unpaired) electrons. The van der Waals surface area contributed by atoms with Crippen LogP contribution in [0.1, 0.15) is 21.3 Å². The van der Waals surface area contributed by atoms with Gasteiger partial charge in [0.15, 0.2) is 0 Å². The Morgan fingerprint density at radius 2 is 1.91 bits per heavy atom. The Kier molecular flexibility index (Phi) is 4.06. The molecule has 0 bridgehead atoms. The lowest BCUT2D eigenvalue weighted by atomic mass is 10.2. The first-order chi connectivity index (χ1) is 10.6. The maximum atomic E-state index is 13.0. The van der Waals surface area contributed by atoms with Crippen LogP contribution < -0.4 is 5.43 Å². The zero-order valence-corrected chi connectivity index (χ0v) is 12.2. The smallest absolute Gasteiger partial charge is 0.270 e. The van der Waals surface area contributed by atoms with E-state index < -0.39 is 0 Å². The first kappa shape index (κ1) is 14.5. The second-order valence-corrected chi connectivity index (χ2v) is 5.72. The first-order valence-corrected chi connectivity index (χ1v) is 7.60. The van der Waals surface area contributed by atoms with Crippen molar-refractivity contribution in [3.8, 4) is 0 Å². The number of amides is 2. The van der Waals surface area contributed by atoms with Crippen molar-refractivity contribution in [3.63, 3.8) is 0 Å². The summed E-state index contributed by atoms with van der Waals surface area (Å²) in [6.07, 6.45) is 3.01. The topological polar surface area (TPSA) is 62.3 Å². The molecule has 1 aromatic carbocycles. The summed E-state index contributed by atoms with van der Waals surface area (Å²) in [5.41, 5.74) is 3.78. The van der Waals surface area contributed by atoms with E-state index in [1.165, 1.54) is 41.3 Å². The van der Waals surface area contributed by atoms with Crippen molar-refractivity contribution in [2.75, 3.05) is 5.75 Å². The van der Waals surface area contributed by atoms with E-state index in [0.29, 0.717) is 5.56 Å². The molecule has 2 heterocycles. The monoisotopic (exact) mass is 317 g/mol. The quantitative estimate of drug-likeness (QED) is 0.942. The molecule has 0 spiro atoms. The Morgan fingerprint density at radius 3 is 2.59 bits per heavy atom. The molecule has 1 aromatic heterocycles. The van der Waals surface area contributed by atoms with E-state index in [0.717, 1.165) is 5.56 Å². The number of hydrogen-bond acceptors (Lipinski definition) is 4. The van der Waals surface area contributed by atoms with Crippen LogP contribution in [0.25, 0.3) is 0 Å². The Balaban J connectivity index is 1.79. The average Bonchev–Trinajstić information content (AvgIpc) is 2.90. The summed E-state index contributed by atoms with van der Waals surface area (Å²) in [6, 6.07) is 9.02. The number of pyridine rings is 1. The number of hydrogen-bond donors (Lipinski definition) is 1. The van der Waals surface area contributed by atoms with E-state index in [2.05, 4.69) is 10.4 Å². The standard InChI is InChI=1S/C15H12FN3O2S/c16-12-3-1-11(2-4-12)15-19(13(20)9-22-15)18-14(21)10-5-7-17-8-6-10/h1-8,15H,9H2,(H,18,21)/t15-/m1/s1. The first-order valence-electron chi connectivity index (χ1n) is 6.55. The highest BCUT2D eigenvalue weighted by atomic mass is 32.2. The third-order valence-electron chi connectivity index (χ3n) is 3.19. The molecule has 112 valence electrons. The van der Waals surface area contributed by atoms with Crippen LogP contribution in [0.4, 0.5) is 4.39 Å². The summed E-state index contributed by atoms with van der Waals surface area (Å²) in [6.45, 7) is 0. The van der Waals surface area contributed by atoms with Gasteiger partial charge in [-0.15, -0.1) is 11.8 Å². The molecule has 1 aliphatic rings. The molecule has 1 N–H and O–H groups in total. The number of carbonyl (C=O) groups is 2. The summed E-state index contributed by atoms with van der Waals surface area (Å²) < 4.78 is 13.0. The van der Waals surface area contributed by atoms with Crippen LogP contribution in [-0.4, -0.2) is 27.6 Å². The molecule has 1 aliphatic heterocycles. The largest absolute Gasteiger partial charge is 0.272 e. The van der Waals surface area contributed by atoms with Gasteiger partial charge < -0.3 is 0 Å². The van der Waals surface area contributed by atoms with E-state index in [4.69, 9.17) is 0 Å². The van der Waals surface area contributed by atoms with Gasteiger partial charge in [-0.2, -0.15) is 0 Å². The van der Waals surface area contributed by atoms with Crippen LogP contribution in [-0.2, 0) is 4.79 Å². The van der Waals surface area contributed by atoms with Crippen LogP contribution >= 0.6 is 11.8 Å². The van der Waals surface area contributed by atoms with E-state index in [1.807, 2.05) is 0 Å². The molecular formula is C15H12FN3O2S. The van der Waals surface area contributed by atoms with Crippen LogP contribution in [0.5, 0.6) is 0 Å². The number of nitrogens with zero attached hydrogens (tertiary/aromatic N) is 2. The van der Waals surface area contributed by atoms with Crippen LogP contribution in [0, 0.1) is 5.82 Å². The molecule has 1 atom stereocenters. The van der Waals surface area contributed by atoms with Gasteiger partial charge in [-0.3, -0.25) is 20.0 Å². The average molecular weight is 317 g/mol. The highest BCUT2D eigenvalue weighted by molar-refractivity contribution is 8.00. The molecule has 1 fully saturated rings. The normalized spacial score (nSPS) is 17.6. The van der Waals surface area contributed by atoms with Gasteiger partial charge >= 0.3 is 0 Å². The third-order valence-corrected chi connectivity index (χ3v) is 4.40. The molecule has 22 heavy (non-hydrogen) atoms. The van der Waals surface area contributed by atoms with E-state index >= 15 is 0 Å². The van der Waals surface area contributed by atoms with Gasteiger partial charge in [0, 0.05) is 18.0 Å². The van der Waals surface area contributed by atoms with Crippen molar-refractivity contribution < 1.29 is 14.0 Å². The molecule has 2 amide bonds. The fourth-order valence-corrected chi connectivity index (χ4v) is 3.20. The molecule has 5 nitrogen and oxygen atoms in total. The highest BCUT2D eigenvalue weighted by Crippen LogP contribution is 2.37. The van der Waals surface area contributed by atoms with Crippen molar-refractivity contribution in [1.29, 1.82) is 0 Å². The Hall–Kier alpha value is -2.41. The number of carbonyl (C=O) groups excluding carboxylic acids is 2. The second kappa shape index (κ2) is 6.15. The minimum absolute atomic E-state index is 0.193. The van der Waals surface area contributed by atoms with Gasteiger partial charge in [-0.25, -0.2) is 9.40 Å². The second-order valence-electron chi connectivity index (χ2n) is 4.66. The van der Waals surface area contributed by atoms with E-state index in [9.17, 15) is 14.0 Å². The number of thioether (sulfide) groups is 1. The summed E-state index contributed by atoms with van der Waals surface area (Å²) >= 11 is 1.38. The molecule has 2 aromatic rings. The third kappa shape index (κ3) is 2.94. The van der Waals surface area contributed by atoms with Gasteiger partial charge in [0.1, 0.15) is 11.2 Å². The maximum Gasteiger partial charge on any atom is 0.270 e. The predicted octanol–water partition coefficient (Wildman–Crippen LogP) is 2.14. The number of benzene rings is 1. The van der Waals surface area contributed by atoms with Crippen LogP contribution in [0.3, 0.4) is 0 Å². The lowest BCUT2D eigenvalue weighted by molar-refractivity contribution is -0.130. The summed E-state index contributed by atoms with van der Waals surface area (Å²) in [4.78, 5) is 28.0. The van der Waals surface area contributed by atoms with Crippen molar-refractivity contribution in [2.45, 2.75) is 5.37 Å². The maximum absolute atomic E-state index is 13.0. The number of rotatable bonds is 3. The predicted molar refractivity (Wildman–Crippen MR) is 80.1 cm³/mol. The molecule has 1 saturated heterocycles. The SMILES string of the molecule is O=C(NN1C(=O)CS[C@@H]1c1ccc(F)cc1)c1ccncc1. The molecule has 0 saturated carbocycles. The zero-order valence-electron chi connectivity index (χ0n) is 11.4. The number of aromatic nitrogens is 1. The minimum atomic E-state index is -0.384. The zero-order chi connectivity index (χ0) is 15.5. The molecule has 7 heteroatoms. The molecule has 3 rings (SSSR count). The lowest BCUT2D eigenvalue weighted by Gasteiger charge is -2.24. The number of nitrogens with one attached hydrogen (secondary N) is 1. The van der Waals surface area contributed by atoms with E-state index in [1.54, 1.807) is 24.3 Å². The fraction of sp³-hybridized carbons (Fsp3) is 0.133. The van der Waals surface area contributed by atoms with Gasteiger partial charge in [0.25, 0.3) is 11.8 Å². The van der Waals surface area contributed by atoms with Gasteiger partial charge in [-0.05, 0) is 29.8 Å². The summed E-state index contributed by atoms with van der Waals surface area (Å²) in [7, 11) is 0. The summed E-state index contributed by atoms with van der Waals surface area (Å²) in [5, 5.41) is 0.930. The molecule has 0 aliphatic carbocycles. The van der Waals surface area contributed by atoms with Crippen molar-refractivity contribution >= 4 is 23.6 Å². The van der Waals surface area contributed by atoms with Crippen molar-refractivity contribution in [1.82, 2.24) is 15.4 Å². The van der Waals surface area contributed by atoms with Gasteiger partial charge in [-0.1, -0.05) is 12.1 Å². The Morgan fingerprint density at radius 1 is 1.23 bits per heavy atom. The van der Waals surface area contributed by atoms with Crippen LogP contribution in [0.2, 0.25) is 0 Å². The summed E-state index contributed by atoms with van der Waals surface area (Å²) in [5.74, 6) is -0.656. The number of halogens is 1. The highest BCUT2D eigenvalue weighted by Gasteiger charge is 2.34. The van der Waals surface area contributed by atoms with Crippen molar-refractivity contribution in [2.24, 2.45) is 0 Å². The molecular weight excluding hydrogens is 305 g/mol. The number of hydrazine groups is 1.